The van der Waals surface area contributed by atoms with Crippen molar-refractivity contribution in [1.29, 1.82) is 0 Å². The molecule has 0 atom stereocenters. The first kappa shape index (κ1) is 15.0. The number of nitrogen functional groups attached to an aromatic ring is 1. The third-order valence-electron chi connectivity index (χ3n) is 4.27. The number of carbonyl (C=O) groups excluding carboxylic acids is 2. The molecular formula is C20H14N2O3. The molecule has 0 heterocycles. The first-order chi connectivity index (χ1) is 12.1. The highest BCUT2D eigenvalue weighted by molar-refractivity contribution is 6.31. The van der Waals surface area contributed by atoms with Crippen molar-refractivity contribution in [2.45, 2.75) is 0 Å². The van der Waals surface area contributed by atoms with Crippen molar-refractivity contribution in [1.82, 2.24) is 0 Å². The minimum Gasteiger partial charge on any atom is -0.507 e. The molecule has 0 fully saturated rings. The summed E-state index contributed by atoms with van der Waals surface area (Å²) in [7, 11) is 0. The molecule has 5 heteroatoms. The molecule has 0 aromatic heterocycles. The van der Waals surface area contributed by atoms with Gasteiger partial charge in [-0.05, 0) is 12.1 Å². The van der Waals surface area contributed by atoms with E-state index in [-0.39, 0.29) is 33.9 Å². The number of benzene rings is 3. The van der Waals surface area contributed by atoms with E-state index < -0.39 is 5.78 Å². The van der Waals surface area contributed by atoms with Crippen molar-refractivity contribution in [3.63, 3.8) is 0 Å². The van der Waals surface area contributed by atoms with Gasteiger partial charge in [-0.2, -0.15) is 0 Å². The molecule has 1 aliphatic carbocycles. The van der Waals surface area contributed by atoms with Crippen LogP contribution in [-0.2, 0) is 0 Å². The van der Waals surface area contributed by atoms with Crippen LogP contribution >= 0.6 is 0 Å². The van der Waals surface area contributed by atoms with Crippen molar-refractivity contribution < 1.29 is 14.7 Å². The number of ketones is 2. The summed E-state index contributed by atoms with van der Waals surface area (Å²) in [4.78, 5) is 25.6. The maximum Gasteiger partial charge on any atom is 0.198 e. The van der Waals surface area contributed by atoms with Crippen LogP contribution in [0.5, 0.6) is 5.75 Å². The maximum atomic E-state index is 12.9. The third-order valence-corrected chi connectivity index (χ3v) is 4.27. The normalized spacial score (nSPS) is 12.5. The molecule has 0 saturated carbocycles. The van der Waals surface area contributed by atoms with Gasteiger partial charge in [-0.1, -0.05) is 42.5 Å². The van der Waals surface area contributed by atoms with Crippen LogP contribution in [0.3, 0.4) is 0 Å². The number of hydrogen-bond donors (Lipinski definition) is 3. The predicted octanol–water partition coefficient (Wildman–Crippen LogP) is 3.49. The largest absolute Gasteiger partial charge is 0.507 e. The van der Waals surface area contributed by atoms with Crippen LogP contribution in [0.2, 0.25) is 0 Å². The molecule has 0 saturated heterocycles. The third kappa shape index (κ3) is 2.25. The molecule has 5 nitrogen and oxygen atoms in total. The minimum atomic E-state index is -0.402. The maximum absolute atomic E-state index is 12.9. The Kier molecular flexibility index (Phi) is 3.28. The molecule has 122 valence electrons. The summed E-state index contributed by atoms with van der Waals surface area (Å²) in [6.45, 7) is 0. The Morgan fingerprint density at radius 1 is 0.800 bits per heavy atom. The second-order valence-electron chi connectivity index (χ2n) is 5.80. The lowest BCUT2D eigenvalue weighted by Gasteiger charge is -2.22. The predicted molar refractivity (Wildman–Crippen MR) is 95.6 cm³/mol. The second-order valence-corrected chi connectivity index (χ2v) is 5.80. The van der Waals surface area contributed by atoms with Crippen LogP contribution in [0, 0.1) is 0 Å². The first-order valence-corrected chi connectivity index (χ1v) is 7.74. The van der Waals surface area contributed by atoms with Crippen LogP contribution in [0.15, 0.2) is 60.7 Å². The number of fused-ring (bicyclic) bond motifs is 2. The van der Waals surface area contributed by atoms with E-state index in [1.165, 1.54) is 6.07 Å². The highest BCUT2D eigenvalue weighted by atomic mass is 16.3. The number of hydrogen-bond acceptors (Lipinski definition) is 5. The molecule has 4 N–H and O–H groups in total. The average molecular weight is 330 g/mol. The van der Waals surface area contributed by atoms with Crippen molar-refractivity contribution in [2.75, 3.05) is 11.1 Å². The number of carbonyl (C=O) groups is 2. The molecule has 1 aliphatic rings. The van der Waals surface area contributed by atoms with E-state index >= 15 is 0 Å². The smallest absolute Gasteiger partial charge is 0.198 e. The molecule has 25 heavy (non-hydrogen) atoms. The zero-order valence-electron chi connectivity index (χ0n) is 13.1. The lowest BCUT2D eigenvalue weighted by Crippen LogP contribution is -2.23. The number of para-hydroxylation sites is 1. The van der Waals surface area contributed by atoms with Gasteiger partial charge >= 0.3 is 0 Å². The van der Waals surface area contributed by atoms with Crippen LogP contribution in [0.25, 0.3) is 0 Å². The van der Waals surface area contributed by atoms with Crippen molar-refractivity contribution in [3.8, 4) is 5.75 Å². The standard InChI is InChI=1S/C20H14N2O3/c21-18-14(22-11-6-2-1-3-7-11)10-15(23)16-17(18)20(25)13-9-5-4-8-12(13)19(16)24/h1-10,22-23H,21H2. The summed E-state index contributed by atoms with van der Waals surface area (Å²) in [5.74, 6) is -1.04. The van der Waals surface area contributed by atoms with Gasteiger partial charge < -0.3 is 16.2 Å². The van der Waals surface area contributed by atoms with E-state index in [4.69, 9.17) is 5.73 Å². The van der Waals surface area contributed by atoms with Gasteiger partial charge in [-0.15, -0.1) is 0 Å². The minimum absolute atomic E-state index is 0.0418. The van der Waals surface area contributed by atoms with Gasteiger partial charge in [0.05, 0.1) is 22.5 Å². The van der Waals surface area contributed by atoms with Crippen LogP contribution in [0.1, 0.15) is 31.8 Å². The zero-order chi connectivity index (χ0) is 17.6. The van der Waals surface area contributed by atoms with Gasteiger partial charge in [-0.25, -0.2) is 0 Å². The van der Waals surface area contributed by atoms with Crippen LogP contribution in [-0.4, -0.2) is 16.7 Å². The topological polar surface area (TPSA) is 92.4 Å². The molecule has 4 rings (SSSR count). The number of nitrogens with one attached hydrogen (secondary N) is 1. The SMILES string of the molecule is Nc1c(Nc2ccccc2)cc(O)c2c1C(=O)c1ccccc1C2=O. The van der Waals surface area contributed by atoms with E-state index in [0.717, 1.165) is 5.69 Å². The molecule has 0 spiro atoms. The number of phenolic OH excluding ortho intramolecular Hbond substituents is 1. The lowest BCUT2D eigenvalue weighted by atomic mass is 9.82. The zero-order valence-corrected chi connectivity index (χ0v) is 13.1. The summed E-state index contributed by atoms with van der Waals surface area (Å²) < 4.78 is 0. The van der Waals surface area contributed by atoms with Gasteiger partial charge in [0, 0.05) is 22.9 Å². The molecule has 3 aromatic carbocycles. The van der Waals surface area contributed by atoms with Crippen molar-refractivity contribution >= 4 is 28.6 Å². The molecule has 3 aromatic rings. The molecular weight excluding hydrogens is 316 g/mol. The summed E-state index contributed by atoms with van der Waals surface area (Å²) in [6.07, 6.45) is 0. The number of aromatic hydroxyl groups is 1. The fourth-order valence-electron chi connectivity index (χ4n) is 3.08. The lowest BCUT2D eigenvalue weighted by molar-refractivity contribution is 0.0977. The van der Waals surface area contributed by atoms with Crippen LogP contribution < -0.4 is 11.1 Å². The molecule has 0 bridgehead atoms. The summed E-state index contributed by atoms with van der Waals surface area (Å²) >= 11 is 0. The van der Waals surface area contributed by atoms with Gasteiger partial charge in [-0.3, -0.25) is 9.59 Å². The number of anilines is 3. The Balaban J connectivity index is 1.90. The fraction of sp³-hybridized carbons (Fsp3) is 0. The van der Waals surface area contributed by atoms with E-state index in [9.17, 15) is 14.7 Å². The Morgan fingerprint density at radius 2 is 1.36 bits per heavy atom. The summed E-state index contributed by atoms with van der Waals surface area (Å²) in [6, 6.07) is 17.1. The number of phenols is 1. The van der Waals surface area contributed by atoms with E-state index in [1.807, 2.05) is 30.3 Å². The van der Waals surface area contributed by atoms with E-state index in [0.29, 0.717) is 11.3 Å². The number of rotatable bonds is 2. The Morgan fingerprint density at radius 3 is 2.00 bits per heavy atom. The second kappa shape index (κ2) is 5.49. The average Bonchev–Trinajstić information content (AvgIpc) is 2.63. The van der Waals surface area contributed by atoms with Gasteiger partial charge in [0.25, 0.3) is 0 Å². The van der Waals surface area contributed by atoms with Crippen LogP contribution in [0.4, 0.5) is 17.1 Å². The van der Waals surface area contributed by atoms with Gasteiger partial charge in [0.2, 0.25) is 0 Å². The van der Waals surface area contributed by atoms with E-state index in [1.54, 1.807) is 24.3 Å². The van der Waals surface area contributed by atoms with E-state index in [2.05, 4.69) is 5.32 Å². The first-order valence-electron chi connectivity index (χ1n) is 7.74. The van der Waals surface area contributed by atoms with Crippen molar-refractivity contribution in [3.05, 3.63) is 82.9 Å². The summed E-state index contributed by atoms with van der Waals surface area (Å²) in [5, 5.41) is 13.5. The highest BCUT2D eigenvalue weighted by Crippen LogP contribution is 2.40. The quantitative estimate of drug-likeness (QED) is 0.386. The number of nitrogens with two attached hydrogens (primary N) is 1. The van der Waals surface area contributed by atoms with Gasteiger partial charge in [0.1, 0.15) is 5.75 Å². The summed E-state index contributed by atoms with van der Waals surface area (Å²) in [5.41, 5.74) is 8.03. The van der Waals surface area contributed by atoms with Crippen molar-refractivity contribution in [2.24, 2.45) is 0 Å². The molecule has 0 aliphatic heterocycles. The molecule has 0 radical (unpaired) electrons. The Bertz CT molecular complexity index is 1030. The fourth-order valence-corrected chi connectivity index (χ4v) is 3.08. The highest BCUT2D eigenvalue weighted by Gasteiger charge is 2.34. The Labute approximate surface area is 143 Å². The van der Waals surface area contributed by atoms with Gasteiger partial charge in [0.15, 0.2) is 11.6 Å². The monoisotopic (exact) mass is 330 g/mol. The molecule has 0 unspecified atom stereocenters. The molecule has 0 amide bonds. The Hall–Kier alpha value is -3.60.